The van der Waals surface area contributed by atoms with Gasteiger partial charge in [0.2, 0.25) is 0 Å². The highest BCUT2D eigenvalue weighted by Crippen LogP contribution is 2.40. The number of rotatable bonds is 13. The summed E-state index contributed by atoms with van der Waals surface area (Å²) in [5.41, 5.74) is 2.33. The summed E-state index contributed by atoms with van der Waals surface area (Å²) in [6.07, 6.45) is 11.8. The van der Waals surface area contributed by atoms with Crippen LogP contribution in [-0.2, 0) is 30.8 Å². The summed E-state index contributed by atoms with van der Waals surface area (Å²) in [5, 5.41) is 9.85. The first-order chi connectivity index (χ1) is 18.5. The van der Waals surface area contributed by atoms with Gasteiger partial charge in [-0.15, -0.1) is 0 Å². The van der Waals surface area contributed by atoms with Crippen molar-refractivity contribution in [1.82, 2.24) is 0 Å². The Balaban J connectivity index is 1.28. The zero-order chi connectivity index (χ0) is 28.4. The number of carbonyl (C=O) groups excluding carboxylic acids is 1. The van der Waals surface area contributed by atoms with Crippen molar-refractivity contribution in [2.75, 3.05) is 13.2 Å². The van der Waals surface area contributed by atoms with Crippen LogP contribution in [0.3, 0.4) is 0 Å². The second-order valence-corrected chi connectivity index (χ2v) is 13.4. The molecule has 3 rings (SSSR count). The Morgan fingerprint density at radius 3 is 2.13 bits per heavy atom. The molecule has 0 bridgehead atoms. The van der Waals surface area contributed by atoms with E-state index < -0.39 is 0 Å². The molecule has 5 heteroatoms. The van der Waals surface area contributed by atoms with Gasteiger partial charge in [0, 0.05) is 0 Å². The summed E-state index contributed by atoms with van der Waals surface area (Å²) >= 11 is 0. The third kappa shape index (κ3) is 10.8. The van der Waals surface area contributed by atoms with E-state index in [0.717, 1.165) is 54.9 Å². The van der Waals surface area contributed by atoms with Crippen LogP contribution in [0.5, 0.6) is 0 Å². The molecule has 2 saturated carbocycles. The third-order valence-electron chi connectivity index (χ3n) is 9.38. The van der Waals surface area contributed by atoms with Crippen LogP contribution in [0.25, 0.3) is 0 Å². The van der Waals surface area contributed by atoms with Crippen molar-refractivity contribution < 1.29 is 24.1 Å². The monoisotopic (exact) mass is 544 g/mol. The topological polar surface area (TPSA) is 65.0 Å². The number of hydrogen-bond acceptors (Lipinski definition) is 5. The minimum atomic E-state index is -0.293. The SMILES string of the molecule is CCC(CC(C)C1CCC(O)CC1)C1CCC(OC(C)OCCOC(=O)Cc2ccc(C(C)(C)C)cc2)CC1. The van der Waals surface area contributed by atoms with Gasteiger partial charge in [-0.05, 0) is 105 Å². The van der Waals surface area contributed by atoms with Gasteiger partial charge in [0.05, 0.1) is 25.2 Å². The molecule has 222 valence electrons. The Bertz CT molecular complexity index is 828. The van der Waals surface area contributed by atoms with E-state index in [1.165, 1.54) is 44.1 Å². The Morgan fingerprint density at radius 2 is 1.54 bits per heavy atom. The Kier molecular flexibility index (Phi) is 12.8. The maximum Gasteiger partial charge on any atom is 0.310 e. The van der Waals surface area contributed by atoms with Crippen molar-refractivity contribution in [1.29, 1.82) is 0 Å². The maximum absolute atomic E-state index is 12.2. The highest BCUT2D eigenvalue weighted by molar-refractivity contribution is 5.72. The number of ether oxygens (including phenoxy) is 3. The standard InChI is InChI=1S/C34H56O5/c1-7-27(22-24(2)28-10-16-31(35)17-11-28)29-12-18-32(19-13-29)39-25(3)37-20-21-38-33(36)23-26-8-14-30(15-9-26)34(4,5)6/h8-9,14-15,24-25,27-29,31-32,35H,7,10-13,16-23H2,1-6H3. The van der Waals surface area contributed by atoms with Gasteiger partial charge in [0.1, 0.15) is 6.61 Å². The number of aliphatic hydroxyl groups is 1. The van der Waals surface area contributed by atoms with Crippen LogP contribution >= 0.6 is 0 Å². The second-order valence-electron chi connectivity index (χ2n) is 13.4. The lowest BCUT2D eigenvalue weighted by atomic mass is 9.70. The molecule has 3 unspecified atom stereocenters. The molecular weight excluding hydrogens is 488 g/mol. The lowest BCUT2D eigenvalue weighted by molar-refractivity contribution is -0.178. The number of hydrogen-bond donors (Lipinski definition) is 1. The van der Waals surface area contributed by atoms with Gasteiger partial charge in [-0.3, -0.25) is 4.79 Å². The first kappa shape index (κ1) is 32.1. The summed E-state index contributed by atoms with van der Waals surface area (Å²) in [6.45, 7) is 13.9. The third-order valence-corrected chi connectivity index (χ3v) is 9.38. The molecule has 1 aromatic carbocycles. The summed E-state index contributed by atoms with van der Waals surface area (Å²) in [6, 6.07) is 8.20. The number of aliphatic hydroxyl groups excluding tert-OH is 1. The molecule has 39 heavy (non-hydrogen) atoms. The van der Waals surface area contributed by atoms with E-state index in [2.05, 4.69) is 46.8 Å². The molecule has 3 atom stereocenters. The molecule has 0 heterocycles. The molecule has 2 fully saturated rings. The number of benzene rings is 1. The average Bonchev–Trinajstić information content (AvgIpc) is 2.90. The predicted molar refractivity (Wildman–Crippen MR) is 158 cm³/mol. The molecule has 0 aliphatic heterocycles. The minimum Gasteiger partial charge on any atom is -0.463 e. The van der Waals surface area contributed by atoms with Crippen molar-refractivity contribution in [3.63, 3.8) is 0 Å². The first-order valence-electron chi connectivity index (χ1n) is 15.7. The molecule has 1 N–H and O–H groups in total. The number of carbonyl (C=O) groups is 1. The molecule has 0 radical (unpaired) electrons. The molecule has 1 aromatic rings. The Hall–Kier alpha value is -1.43. The predicted octanol–water partition coefficient (Wildman–Crippen LogP) is 7.61. The van der Waals surface area contributed by atoms with E-state index in [4.69, 9.17) is 14.2 Å². The molecule has 0 aromatic heterocycles. The van der Waals surface area contributed by atoms with E-state index in [1.54, 1.807) is 0 Å². The molecule has 2 aliphatic rings. The molecule has 2 aliphatic carbocycles. The van der Waals surface area contributed by atoms with Crippen LogP contribution < -0.4 is 0 Å². The van der Waals surface area contributed by atoms with Gasteiger partial charge in [-0.1, -0.05) is 65.3 Å². The quantitative estimate of drug-likeness (QED) is 0.157. The van der Waals surface area contributed by atoms with Crippen LogP contribution in [0.1, 0.15) is 117 Å². The fourth-order valence-corrected chi connectivity index (χ4v) is 6.75. The van der Waals surface area contributed by atoms with Crippen LogP contribution in [0.4, 0.5) is 0 Å². The van der Waals surface area contributed by atoms with Gasteiger partial charge < -0.3 is 19.3 Å². The van der Waals surface area contributed by atoms with Gasteiger partial charge in [0.25, 0.3) is 0 Å². The van der Waals surface area contributed by atoms with Crippen molar-refractivity contribution in [2.45, 2.75) is 136 Å². The second kappa shape index (κ2) is 15.5. The van der Waals surface area contributed by atoms with Gasteiger partial charge >= 0.3 is 5.97 Å². The summed E-state index contributed by atoms with van der Waals surface area (Å²) in [5.74, 6) is 2.92. The average molecular weight is 545 g/mol. The van der Waals surface area contributed by atoms with Crippen LogP contribution in [-0.4, -0.2) is 42.8 Å². The Morgan fingerprint density at radius 1 is 0.923 bits per heavy atom. The van der Waals surface area contributed by atoms with Crippen LogP contribution in [0, 0.1) is 23.7 Å². The van der Waals surface area contributed by atoms with Crippen LogP contribution in [0.15, 0.2) is 24.3 Å². The molecular formula is C34H56O5. The van der Waals surface area contributed by atoms with Crippen molar-refractivity contribution in [2.24, 2.45) is 23.7 Å². The molecule has 0 saturated heterocycles. The zero-order valence-electron chi connectivity index (χ0n) is 25.6. The molecule has 5 nitrogen and oxygen atoms in total. The largest absolute Gasteiger partial charge is 0.463 e. The zero-order valence-corrected chi connectivity index (χ0v) is 25.6. The van der Waals surface area contributed by atoms with Gasteiger partial charge in [0.15, 0.2) is 6.29 Å². The Labute approximate surface area is 238 Å². The first-order valence-corrected chi connectivity index (χ1v) is 15.7. The molecule has 0 spiro atoms. The van der Waals surface area contributed by atoms with Crippen molar-refractivity contribution in [3.05, 3.63) is 35.4 Å². The fraction of sp³-hybridized carbons (Fsp3) is 0.794. The van der Waals surface area contributed by atoms with E-state index in [1.807, 2.05) is 19.1 Å². The minimum absolute atomic E-state index is 0.0610. The smallest absolute Gasteiger partial charge is 0.310 e. The maximum atomic E-state index is 12.2. The lowest BCUT2D eigenvalue weighted by Crippen LogP contribution is -2.31. The normalized spacial score (nSPS) is 26.5. The van der Waals surface area contributed by atoms with Gasteiger partial charge in [-0.25, -0.2) is 0 Å². The van der Waals surface area contributed by atoms with E-state index in [9.17, 15) is 9.90 Å². The van der Waals surface area contributed by atoms with Crippen molar-refractivity contribution in [3.8, 4) is 0 Å². The van der Waals surface area contributed by atoms with E-state index >= 15 is 0 Å². The summed E-state index contributed by atoms with van der Waals surface area (Å²) < 4.78 is 17.4. The van der Waals surface area contributed by atoms with Crippen LogP contribution in [0.2, 0.25) is 0 Å². The number of esters is 1. The highest BCUT2D eigenvalue weighted by Gasteiger charge is 2.31. The molecule has 0 amide bonds. The highest BCUT2D eigenvalue weighted by atomic mass is 16.7. The summed E-state index contributed by atoms with van der Waals surface area (Å²) in [4.78, 5) is 12.2. The van der Waals surface area contributed by atoms with Crippen molar-refractivity contribution >= 4 is 5.97 Å². The lowest BCUT2D eigenvalue weighted by Gasteiger charge is -2.37. The van der Waals surface area contributed by atoms with Gasteiger partial charge in [-0.2, -0.15) is 0 Å². The van der Waals surface area contributed by atoms with E-state index in [-0.39, 0.29) is 42.9 Å². The fourth-order valence-electron chi connectivity index (χ4n) is 6.75. The van der Waals surface area contributed by atoms with E-state index in [0.29, 0.717) is 6.61 Å². The summed E-state index contributed by atoms with van der Waals surface area (Å²) in [7, 11) is 0.